The Labute approximate surface area is 187 Å². The van der Waals surface area contributed by atoms with Gasteiger partial charge in [0.2, 0.25) is 11.7 Å². The molecule has 0 heterocycles. The Morgan fingerprint density at radius 2 is 1.81 bits per heavy atom. The predicted molar refractivity (Wildman–Crippen MR) is 119 cm³/mol. The Morgan fingerprint density at radius 1 is 1.12 bits per heavy atom. The third-order valence-corrected chi connectivity index (χ3v) is 4.76. The molecule has 9 nitrogen and oxygen atoms in total. The van der Waals surface area contributed by atoms with E-state index < -0.39 is 16.9 Å². The van der Waals surface area contributed by atoms with Gasteiger partial charge in [0.15, 0.2) is 6.61 Å². The van der Waals surface area contributed by atoms with Gasteiger partial charge >= 0.3 is 5.69 Å². The summed E-state index contributed by atoms with van der Waals surface area (Å²) in [5.41, 5.74) is 0.675. The molecule has 172 valence electrons. The van der Waals surface area contributed by atoms with Crippen molar-refractivity contribution < 1.29 is 24.0 Å². The van der Waals surface area contributed by atoms with Gasteiger partial charge in [-0.05, 0) is 24.5 Å². The van der Waals surface area contributed by atoms with E-state index in [1.165, 1.54) is 30.2 Å². The molecule has 0 aliphatic heterocycles. The number of carbonyl (C=O) groups is 2. The molecule has 2 amide bonds. The first-order valence-corrected chi connectivity index (χ1v) is 10.3. The van der Waals surface area contributed by atoms with Crippen molar-refractivity contribution in [2.24, 2.45) is 5.92 Å². The second-order valence-electron chi connectivity index (χ2n) is 7.70. The maximum absolute atomic E-state index is 13.0. The van der Waals surface area contributed by atoms with Crippen LogP contribution < -0.4 is 14.8 Å². The summed E-state index contributed by atoms with van der Waals surface area (Å²) in [7, 11) is 1.32. The summed E-state index contributed by atoms with van der Waals surface area (Å²) >= 11 is 0. The molecule has 9 heteroatoms. The van der Waals surface area contributed by atoms with Crippen molar-refractivity contribution in [3.63, 3.8) is 0 Å². The van der Waals surface area contributed by atoms with Crippen molar-refractivity contribution in [3.8, 4) is 11.5 Å². The van der Waals surface area contributed by atoms with Crippen LogP contribution in [-0.4, -0.2) is 47.9 Å². The van der Waals surface area contributed by atoms with E-state index >= 15 is 0 Å². The zero-order valence-electron chi connectivity index (χ0n) is 18.7. The number of benzene rings is 2. The molecule has 0 aliphatic carbocycles. The lowest BCUT2D eigenvalue weighted by Gasteiger charge is -2.29. The van der Waals surface area contributed by atoms with Crippen molar-refractivity contribution in [3.05, 3.63) is 64.2 Å². The van der Waals surface area contributed by atoms with E-state index in [2.05, 4.69) is 5.32 Å². The maximum atomic E-state index is 13.0. The molecule has 2 aromatic carbocycles. The van der Waals surface area contributed by atoms with Crippen molar-refractivity contribution in [1.29, 1.82) is 0 Å². The van der Waals surface area contributed by atoms with Gasteiger partial charge in [-0.25, -0.2) is 0 Å². The van der Waals surface area contributed by atoms with E-state index in [1.807, 2.05) is 44.2 Å². The monoisotopic (exact) mass is 443 g/mol. The number of carbonyl (C=O) groups excluding carboxylic acids is 2. The molecule has 1 N–H and O–H groups in total. The normalized spacial score (nSPS) is 11.5. The van der Waals surface area contributed by atoms with Crippen LogP contribution >= 0.6 is 0 Å². The van der Waals surface area contributed by atoms with Crippen LogP contribution in [0, 0.1) is 16.0 Å². The molecular weight excluding hydrogens is 414 g/mol. The minimum atomic E-state index is -0.712. The van der Waals surface area contributed by atoms with E-state index in [-0.39, 0.29) is 42.2 Å². The summed E-state index contributed by atoms with van der Waals surface area (Å²) in [6, 6.07) is 12.6. The van der Waals surface area contributed by atoms with Crippen LogP contribution in [0.2, 0.25) is 0 Å². The Kier molecular flexibility index (Phi) is 9.00. The third kappa shape index (κ3) is 6.97. The number of ether oxygens (including phenoxy) is 2. The van der Waals surface area contributed by atoms with E-state index in [1.54, 1.807) is 6.92 Å². The number of hydrogen-bond donors (Lipinski definition) is 1. The lowest BCUT2D eigenvalue weighted by atomic mass is 10.1. The van der Waals surface area contributed by atoms with E-state index in [9.17, 15) is 19.7 Å². The van der Waals surface area contributed by atoms with Gasteiger partial charge in [0.1, 0.15) is 11.8 Å². The number of amides is 2. The molecule has 0 spiro atoms. The van der Waals surface area contributed by atoms with Gasteiger partial charge in [-0.15, -0.1) is 0 Å². The second kappa shape index (κ2) is 11.7. The molecule has 0 saturated carbocycles. The summed E-state index contributed by atoms with van der Waals surface area (Å²) in [5, 5.41) is 13.9. The summed E-state index contributed by atoms with van der Waals surface area (Å²) in [5.74, 6) is -0.0804. The van der Waals surface area contributed by atoms with Gasteiger partial charge in [-0.3, -0.25) is 19.7 Å². The van der Waals surface area contributed by atoms with Gasteiger partial charge in [0, 0.05) is 25.2 Å². The van der Waals surface area contributed by atoms with E-state index in [0.717, 1.165) is 5.56 Å². The van der Waals surface area contributed by atoms with Crippen LogP contribution in [0.4, 0.5) is 5.69 Å². The molecule has 1 atom stereocenters. The highest BCUT2D eigenvalue weighted by atomic mass is 16.6. The number of hydrogen-bond acceptors (Lipinski definition) is 6. The van der Waals surface area contributed by atoms with Gasteiger partial charge in [0.05, 0.1) is 12.0 Å². The number of nitro benzene ring substituents is 1. The number of methoxy groups -OCH3 is 1. The smallest absolute Gasteiger partial charge is 0.311 e. The number of nitrogens with zero attached hydrogens (tertiary/aromatic N) is 2. The number of nitrogens with one attached hydrogen (secondary N) is 1. The molecule has 0 radical (unpaired) electrons. The van der Waals surface area contributed by atoms with E-state index in [0.29, 0.717) is 6.54 Å². The van der Waals surface area contributed by atoms with Gasteiger partial charge < -0.3 is 19.7 Å². The highest BCUT2D eigenvalue weighted by Gasteiger charge is 2.26. The first kappa shape index (κ1) is 24.6. The largest absolute Gasteiger partial charge is 0.490 e. The summed E-state index contributed by atoms with van der Waals surface area (Å²) in [6.07, 6.45) is 0. The van der Waals surface area contributed by atoms with Crippen molar-refractivity contribution in [2.75, 3.05) is 20.3 Å². The molecule has 32 heavy (non-hydrogen) atoms. The number of nitro groups is 1. The third-order valence-electron chi connectivity index (χ3n) is 4.76. The molecule has 0 aliphatic rings. The summed E-state index contributed by atoms with van der Waals surface area (Å²) in [6.45, 7) is 6.06. The van der Waals surface area contributed by atoms with E-state index in [4.69, 9.17) is 9.47 Å². The Hall–Kier alpha value is -3.62. The van der Waals surface area contributed by atoms with Crippen molar-refractivity contribution in [2.45, 2.75) is 33.4 Å². The molecule has 0 bridgehead atoms. The predicted octanol–water partition coefficient (Wildman–Crippen LogP) is 3.17. The number of rotatable bonds is 11. The standard InChI is InChI=1S/C23H29N3O6/c1-16(2)13-24-23(28)17(3)25(14-18-8-6-5-7-9-18)22(27)15-32-19-10-11-20(26(29)30)21(12-19)31-4/h5-12,16-17H,13-15H2,1-4H3,(H,24,28)/t17-/m1/s1. The van der Waals surface area contributed by atoms with Crippen LogP contribution in [0.15, 0.2) is 48.5 Å². The average Bonchev–Trinajstić information content (AvgIpc) is 2.79. The highest BCUT2D eigenvalue weighted by Crippen LogP contribution is 2.30. The van der Waals surface area contributed by atoms with Gasteiger partial charge in [-0.1, -0.05) is 44.2 Å². The minimum absolute atomic E-state index is 0.0301. The minimum Gasteiger partial charge on any atom is -0.490 e. The van der Waals surface area contributed by atoms with Crippen molar-refractivity contribution in [1.82, 2.24) is 10.2 Å². The van der Waals surface area contributed by atoms with Crippen LogP contribution in [0.3, 0.4) is 0 Å². The Morgan fingerprint density at radius 3 is 2.41 bits per heavy atom. The lowest BCUT2D eigenvalue weighted by Crippen LogP contribution is -2.49. The van der Waals surface area contributed by atoms with Crippen LogP contribution in [0.5, 0.6) is 11.5 Å². The highest BCUT2D eigenvalue weighted by molar-refractivity contribution is 5.88. The van der Waals surface area contributed by atoms with Crippen molar-refractivity contribution >= 4 is 17.5 Å². The topological polar surface area (TPSA) is 111 Å². The lowest BCUT2D eigenvalue weighted by molar-refractivity contribution is -0.385. The fraction of sp³-hybridized carbons (Fsp3) is 0.391. The molecule has 2 aromatic rings. The summed E-state index contributed by atoms with van der Waals surface area (Å²) in [4.78, 5) is 37.6. The molecular formula is C23H29N3O6. The van der Waals surface area contributed by atoms with Crippen LogP contribution in [-0.2, 0) is 16.1 Å². The van der Waals surface area contributed by atoms with Crippen LogP contribution in [0.25, 0.3) is 0 Å². The quantitative estimate of drug-likeness (QED) is 0.422. The van der Waals surface area contributed by atoms with Gasteiger partial charge in [0.25, 0.3) is 5.91 Å². The Balaban J connectivity index is 2.15. The first-order chi connectivity index (χ1) is 15.2. The summed E-state index contributed by atoms with van der Waals surface area (Å²) < 4.78 is 10.6. The molecule has 2 rings (SSSR count). The average molecular weight is 444 g/mol. The SMILES string of the molecule is COc1cc(OCC(=O)N(Cc2ccccc2)[C@H](C)C(=O)NCC(C)C)ccc1[N+](=O)[O-]. The Bertz CT molecular complexity index is 933. The zero-order valence-corrected chi connectivity index (χ0v) is 18.7. The maximum Gasteiger partial charge on any atom is 0.311 e. The second-order valence-corrected chi connectivity index (χ2v) is 7.70. The zero-order chi connectivity index (χ0) is 23.7. The molecule has 0 fully saturated rings. The molecule has 0 aromatic heterocycles. The fourth-order valence-electron chi connectivity index (χ4n) is 2.94. The first-order valence-electron chi connectivity index (χ1n) is 10.3. The fourth-order valence-corrected chi connectivity index (χ4v) is 2.94. The molecule has 0 saturated heterocycles. The van der Waals surface area contributed by atoms with Crippen LogP contribution in [0.1, 0.15) is 26.3 Å². The molecule has 0 unspecified atom stereocenters. The van der Waals surface area contributed by atoms with Gasteiger partial charge in [-0.2, -0.15) is 0 Å².